The molecule has 4 nitrogen and oxygen atoms in total. The third-order valence-electron chi connectivity index (χ3n) is 8.92. The third kappa shape index (κ3) is 4.03. The van der Waals surface area contributed by atoms with E-state index in [9.17, 15) is 5.26 Å². The van der Waals surface area contributed by atoms with Gasteiger partial charge in [0.1, 0.15) is 0 Å². The predicted octanol–water partition coefficient (Wildman–Crippen LogP) is 10.5. The molecule has 46 heavy (non-hydrogen) atoms. The molecule has 0 unspecified atom stereocenters. The lowest BCUT2D eigenvalue weighted by Crippen LogP contribution is -1.95. The van der Waals surface area contributed by atoms with Gasteiger partial charge >= 0.3 is 0 Å². The predicted molar refractivity (Wildman–Crippen MR) is 189 cm³/mol. The van der Waals surface area contributed by atoms with Gasteiger partial charge in [-0.15, -0.1) is 0 Å². The Bertz CT molecular complexity index is 2460. The molecule has 3 heterocycles. The van der Waals surface area contributed by atoms with Crippen LogP contribution in [0.2, 0.25) is 0 Å². The number of nitriles is 1. The fourth-order valence-electron chi connectivity index (χ4n) is 6.86. The van der Waals surface area contributed by atoms with E-state index in [0.717, 1.165) is 56.0 Å². The van der Waals surface area contributed by atoms with Gasteiger partial charge in [0, 0.05) is 44.0 Å². The van der Waals surface area contributed by atoms with Crippen molar-refractivity contribution in [2.75, 3.05) is 0 Å². The van der Waals surface area contributed by atoms with E-state index in [-0.39, 0.29) is 0 Å². The van der Waals surface area contributed by atoms with Crippen molar-refractivity contribution in [2.45, 2.75) is 0 Å². The van der Waals surface area contributed by atoms with Crippen LogP contribution in [0.1, 0.15) is 5.56 Å². The molecule has 0 saturated carbocycles. The van der Waals surface area contributed by atoms with Gasteiger partial charge < -0.3 is 9.13 Å². The number of hydrogen-bond acceptors (Lipinski definition) is 2. The van der Waals surface area contributed by atoms with Crippen LogP contribution in [0, 0.1) is 11.3 Å². The van der Waals surface area contributed by atoms with Crippen molar-refractivity contribution in [1.82, 2.24) is 14.1 Å². The van der Waals surface area contributed by atoms with Crippen LogP contribution in [0.4, 0.5) is 0 Å². The quantitative estimate of drug-likeness (QED) is 0.206. The number of para-hydroxylation sites is 4. The fraction of sp³-hybridized carbons (Fsp3) is 0. The zero-order chi connectivity index (χ0) is 30.6. The summed E-state index contributed by atoms with van der Waals surface area (Å²) in [6, 6.07) is 57.1. The molecule has 0 aliphatic rings. The maximum atomic E-state index is 10.1. The minimum atomic E-state index is 0.576. The number of nitrogens with zero attached hydrogens (tertiary/aromatic N) is 4. The van der Waals surface area contributed by atoms with Gasteiger partial charge in [0.2, 0.25) is 0 Å². The van der Waals surface area contributed by atoms with E-state index in [1.54, 1.807) is 0 Å². The van der Waals surface area contributed by atoms with Crippen LogP contribution in [0.3, 0.4) is 0 Å². The van der Waals surface area contributed by atoms with Crippen LogP contribution in [0.15, 0.2) is 158 Å². The van der Waals surface area contributed by atoms with E-state index < -0.39 is 0 Å². The van der Waals surface area contributed by atoms with Crippen molar-refractivity contribution >= 4 is 43.6 Å². The molecule has 214 valence electrons. The minimum Gasteiger partial charge on any atom is -0.309 e. The van der Waals surface area contributed by atoms with E-state index in [4.69, 9.17) is 4.98 Å². The molecule has 0 spiro atoms. The number of pyridine rings is 1. The van der Waals surface area contributed by atoms with Crippen molar-refractivity contribution in [2.24, 2.45) is 0 Å². The van der Waals surface area contributed by atoms with Gasteiger partial charge in [-0.25, -0.2) is 4.98 Å². The molecule has 0 saturated heterocycles. The molecule has 3 aromatic heterocycles. The van der Waals surface area contributed by atoms with Crippen molar-refractivity contribution < 1.29 is 0 Å². The first-order chi connectivity index (χ1) is 22.8. The second-order valence-electron chi connectivity index (χ2n) is 11.6. The highest BCUT2D eigenvalue weighted by atomic mass is 15.0. The first-order valence-electron chi connectivity index (χ1n) is 15.4. The zero-order valence-corrected chi connectivity index (χ0v) is 24.8. The lowest BCUT2D eigenvalue weighted by molar-refractivity contribution is 1.18. The molecule has 9 rings (SSSR count). The largest absolute Gasteiger partial charge is 0.309 e. The van der Waals surface area contributed by atoms with Crippen LogP contribution < -0.4 is 0 Å². The number of fused-ring (bicyclic) bond motifs is 6. The van der Waals surface area contributed by atoms with Gasteiger partial charge in [-0.1, -0.05) is 97.1 Å². The van der Waals surface area contributed by atoms with Gasteiger partial charge in [0.05, 0.1) is 45.1 Å². The summed E-state index contributed by atoms with van der Waals surface area (Å²) in [6.45, 7) is 0. The Labute approximate surface area is 265 Å². The van der Waals surface area contributed by atoms with E-state index in [1.807, 2.05) is 24.3 Å². The second-order valence-corrected chi connectivity index (χ2v) is 11.6. The Morgan fingerprint density at radius 1 is 0.413 bits per heavy atom. The Hall–Kier alpha value is -6.44. The van der Waals surface area contributed by atoms with Crippen LogP contribution in [0.5, 0.6) is 0 Å². The summed E-state index contributed by atoms with van der Waals surface area (Å²) in [5.41, 5.74) is 10.8. The molecule has 0 aliphatic heterocycles. The molecular formula is C42H26N4. The molecule has 0 bridgehead atoms. The molecule has 6 aromatic carbocycles. The molecule has 0 radical (unpaired) electrons. The first-order valence-corrected chi connectivity index (χ1v) is 15.4. The lowest BCUT2D eigenvalue weighted by Gasteiger charge is -2.11. The highest BCUT2D eigenvalue weighted by Gasteiger charge is 2.16. The van der Waals surface area contributed by atoms with Gasteiger partial charge in [0.15, 0.2) is 0 Å². The van der Waals surface area contributed by atoms with Crippen LogP contribution in [0.25, 0.3) is 77.5 Å². The Morgan fingerprint density at radius 2 is 0.826 bits per heavy atom. The second kappa shape index (κ2) is 10.3. The van der Waals surface area contributed by atoms with Crippen LogP contribution >= 0.6 is 0 Å². The summed E-state index contributed by atoms with van der Waals surface area (Å²) in [5.74, 6) is 0. The van der Waals surface area contributed by atoms with Gasteiger partial charge in [-0.2, -0.15) is 5.26 Å². The molecule has 0 atom stereocenters. The van der Waals surface area contributed by atoms with Gasteiger partial charge in [-0.05, 0) is 60.7 Å². The molecule has 4 heteroatoms. The van der Waals surface area contributed by atoms with Crippen molar-refractivity contribution in [3.05, 3.63) is 163 Å². The smallest absolute Gasteiger partial charge is 0.0993 e. The molecule has 9 aromatic rings. The van der Waals surface area contributed by atoms with Crippen LogP contribution in [-0.2, 0) is 0 Å². The Kier molecular flexibility index (Phi) is 5.84. The topological polar surface area (TPSA) is 46.5 Å². The molecular weight excluding hydrogens is 560 g/mol. The molecule has 0 N–H and O–H groups in total. The van der Waals surface area contributed by atoms with E-state index >= 15 is 0 Å². The Balaban J connectivity index is 1.24. The molecule has 0 fully saturated rings. The minimum absolute atomic E-state index is 0.576. The van der Waals surface area contributed by atoms with Crippen LogP contribution in [-0.4, -0.2) is 14.1 Å². The summed E-state index contributed by atoms with van der Waals surface area (Å²) >= 11 is 0. The average Bonchev–Trinajstić information content (AvgIpc) is 3.64. The lowest BCUT2D eigenvalue weighted by atomic mass is 10.0. The van der Waals surface area contributed by atoms with Gasteiger partial charge in [0.25, 0.3) is 0 Å². The molecule has 0 aliphatic carbocycles. The zero-order valence-electron chi connectivity index (χ0n) is 24.8. The monoisotopic (exact) mass is 586 g/mol. The first kappa shape index (κ1) is 26.0. The van der Waals surface area contributed by atoms with Crippen molar-refractivity contribution in [3.63, 3.8) is 0 Å². The van der Waals surface area contributed by atoms with E-state index in [0.29, 0.717) is 5.56 Å². The standard InChI is InChI=1S/C42H26N4/c43-27-28-23-37(29-19-21-35-33-15-7-9-17-39(33)45(41(35)25-29)31-11-3-1-4-12-31)44-38(24-28)30-20-22-36-34-16-8-10-18-40(34)46(42(36)26-30)32-13-5-2-6-14-32/h1-26H. The number of rotatable bonds is 4. The number of aromatic nitrogens is 3. The summed E-state index contributed by atoms with van der Waals surface area (Å²) in [4.78, 5) is 5.18. The highest BCUT2D eigenvalue weighted by Crippen LogP contribution is 2.37. The van der Waals surface area contributed by atoms with Crippen molar-refractivity contribution in [1.29, 1.82) is 5.26 Å². The maximum Gasteiger partial charge on any atom is 0.0993 e. The number of hydrogen-bond donors (Lipinski definition) is 0. The third-order valence-corrected chi connectivity index (χ3v) is 8.92. The van der Waals surface area contributed by atoms with E-state index in [2.05, 4.69) is 149 Å². The summed E-state index contributed by atoms with van der Waals surface area (Å²) < 4.78 is 4.61. The average molecular weight is 587 g/mol. The van der Waals surface area contributed by atoms with Gasteiger partial charge in [-0.3, -0.25) is 0 Å². The maximum absolute atomic E-state index is 10.1. The van der Waals surface area contributed by atoms with Crippen molar-refractivity contribution in [3.8, 4) is 40.0 Å². The highest BCUT2D eigenvalue weighted by molar-refractivity contribution is 6.11. The number of benzene rings is 6. The summed E-state index contributed by atoms with van der Waals surface area (Å²) in [7, 11) is 0. The molecule has 0 amide bonds. The Morgan fingerprint density at radius 3 is 1.28 bits per heavy atom. The summed E-state index contributed by atoms with van der Waals surface area (Å²) in [6.07, 6.45) is 0. The summed E-state index contributed by atoms with van der Waals surface area (Å²) in [5, 5.41) is 14.9. The fourth-order valence-corrected chi connectivity index (χ4v) is 6.86. The normalized spacial score (nSPS) is 11.5. The van der Waals surface area contributed by atoms with E-state index in [1.165, 1.54) is 21.5 Å². The SMILES string of the molecule is N#Cc1cc(-c2ccc3c4ccccc4n(-c4ccccc4)c3c2)nc(-c2ccc3c4ccccc4n(-c4ccccc4)c3c2)c1.